The second-order valence-corrected chi connectivity index (χ2v) is 8.43. The van der Waals surface area contributed by atoms with Crippen LogP contribution in [0.25, 0.3) is 0 Å². The minimum absolute atomic E-state index is 0.142. The fourth-order valence-electron chi connectivity index (χ4n) is 4.51. The molecule has 0 aromatic heterocycles. The molecule has 182 valence electrons. The highest BCUT2D eigenvalue weighted by Crippen LogP contribution is 2.36. The number of piperazine rings is 1. The highest BCUT2D eigenvalue weighted by atomic mass is 19.1. The SMILES string of the molecule is O=C(NC[C@H](c1ccc2c(c1)OCO2)N1CCN(c2ccc(F)cc2)CC1)c1c(F)cccc1F. The Bertz CT molecular complexity index is 1190. The summed E-state index contributed by atoms with van der Waals surface area (Å²) in [7, 11) is 0. The van der Waals surface area contributed by atoms with Crippen molar-refractivity contribution in [1.29, 1.82) is 0 Å². The maximum absolute atomic E-state index is 14.1. The van der Waals surface area contributed by atoms with Gasteiger partial charge in [0, 0.05) is 38.4 Å². The maximum Gasteiger partial charge on any atom is 0.257 e. The normalized spacial score (nSPS) is 16.3. The topological polar surface area (TPSA) is 54.0 Å². The zero-order valence-corrected chi connectivity index (χ0v) is 18.8. The average Bonchev–Trinajstić information content (AvgIpc) is 3.33. The molecule has 2 aliphatic rings. The van der Waals surface area contributed by atoms with Crippen LogP contribution in [-0.4, -0.2) is 50.3 Å². The first-order chi connectivity index (χ1) is 17.0. The Morgan fingerprint density at radius 2 is 1.57 bits per heavy atom. The Labute approximate surface area is 200 Å². The fourth-order valence-corrected chi connectivity index (χ4v) is 4.51. The van der Waals surface area contributed by atoms with Crippen LogP contribution in [0.4, 0.5) is 18.9 Å². The van der Waals surface area contributed by atoms with Gasteiger partial charge < -0.3 is 19.7 Å². The van der Waals surface area contributed by atoms with Crippen LogP contribution >= 0.6 is 0 Å². The van der Waals surface area contributed by atoms with Crippen molar-refractivity contribution in [3.05, 3.63) is 89.2 Å². The Hall–Kier alpha value is -3.72. The molecule has 1 N–H and O–H groups in total. The number of carbonyl (C=O) groups is 1. The van der Waals surface area contributed by atoms with Gasteiger partial charge in [-0.3, -0.25) is 9.69 Å². The van der Waals surface area contributed by atoms with E-state index in [1.165, 1.54) is 18.2 Å². The number of anilines is 1. The van der Waals surface area contributed by atoms with Crippen LogP contribution in [-0.2, 0) is 0 Å². The minimum Gasteiger partial charge on any atom is -0.454 e. The van der Waals surface area contributed by atoms with E-state index >= 15 is 0 Å². The molecule has 1 atom stereocenters. The number of nitrogens with zero attached hydrogens (tertiary/aromatic N) is 2. The van der Waals surface area contributed by atoms with Crippen LogP contribution in [0.1, 0.15) is 22.0 Å². The third kappa shape index (κ3) is 4.90. The van der Waals surface area contributed by atoms with Gasteiger partial charge in [-0.15, -0.1) is 0 Å². The Balaban J connectivity index is 1.34. The summed E-state index contributed by atoms with van der Waals surface area (Å²) >= 11 is 0. The molecule has 5 rings (SSSR count). The summed E-state index contributed by atoms with van der Waals surface area (Å²) in [5, 5.41) is 2.71. The van der Waals surface area contributed by atoms with Gasteiger partial charge in [-0.25, -0.2) is 13.2 Å². The first kappa shape index (κ1) is 23.0. The largest absolute Gasteiger partial charge is 0.454 e. The molecule has 2 heterocycles. The first-order valence-corrected chi connectivity index (χ1v) is 11.4. The standard InChI is InChI=1S/C26H24F3N3O3/c27-18-5-7-19(8-6-18)31-10-12-32(13-11-31)22(17-4-9-23-24(14-17)35-16-34-23)15-30-26(33)25-20(28)2-1-3-21(25)29/h1-9,14,22H,10-13,15-16H2,(H,30,33)/t22-/m1/s1. The van der Waals surface area contributed by atoms with Crippen molar-refractivity contribution in [1.82, 2.24) is 10.2 Å². The summed E-state index contributed by atoms with van der Waals surface area (Å²) < 4.78 is 52.5. The summed E-state index contributed by atoms with van der Waals surface area (Å²) in [6.07, 6.45) is 0. The molecular formula is C26H24F3N3O3. The first-order valence-electron chi connectivity index (χ1n) is 11.4. The third-order valence-corrected chi connectivity index (χ3v) is 6.37. The molecule has 3 aromatic rings. The number of hydrogen-bond donors (Lipinski definition) is 1. The van der Waals surface area contributed by atoms with Crippen LogP contribution in [0.15, 0.2) is 60.7 Å². The highest BCUT2D eigenvalue weighted by molar-refractivity contribution is 5.94. The van der Waals surface area contributed by atoms with E-state index in [1.807, 2.05) is 18.2 Å². The zero-order chi connectivity index (χ0) is 24.4. The molecule has 0 bridgehead atoms. The quantitative estimate of drug-likeness (QED) is 0.572. The molecule has 0 aliphatic carbocycles. The lowest BCUT2D eigenvalue weighted by atomic mass is 10.0. The number of ether oxygens (including phenoxy) is 2. The van der Waals surface area contributed by atoms with Gasteiger partial charge in [0.2, 0.25) is 6.79 Å². The van der Waals surface area contributed by atoms with Gasteiger partial charge in [-0.2, -0.15) is 0 Å². The minimum atomic E-state index is -0.907. The van der Waals surface area contributed by atoms with Gasteiger partial charge in [-0.05, 0) is 54.1 Å². The predicted molar refractivity (Wildman–Crippen MR) is 124 cm³/mol. The van der Waals surface area contributed by atoms with E-state index < -0.39 is 23.1 Å². The van der Waals surface area contributed by atoms with Gasteiger partial charge >= 0.3 is 0 Å². The molecule has 0 radical (unpaired) electrons. The molecule has 6 nitrogen and oxygen atoms in total. The van der Waals surface area contributed by atoms with Crippen LogP contribution in [0.3, 0.4) is 0 Å². The summed E-state index contributed by atoms with van der Waals surface area (Å²) in [5.74, 6) is -1.64. The van der Waals surface area contributed by atoms with Crippen LogP contribution in [0.2, 0.25) is 0 Å². The van der Waals surface area contributed by atoms with Crippen molar-refractivity contribution in [3.8, 4) is 11.5 Å². The van der Waals surface area contributed by atoms with Crippen molar-refractivity contribution in [2.24, 2.45) is 0 Å². The van der Waals surface area contributed by atoms with E-state index in [0.717, 1.165) is 23.4 Å². The fraction of sp³-hybridized carbons (Fsp3) is 0.269. The number of benzene rings is 3. The molecule has 1 fully saturated rings. The molecule has 0 unspecified atom stereocenters. The Morgan fingerprint density at radius 3 is 2.29 bits per heavy atom. The highest BCUT2D eigenvalue weighted by Gasteiger charge is 2.28. The van der Waals surface area contributed by atoms with Crippen molar-refractivity contribution in [2.75, 3.05) is 44.4 Å². The predicted octanol–water partition coefficient (Wildman–Crippen LogP) is 4.13. The number of rotatable bonds is 6. The lowest BCUT2D eigenvalue weighted by Gasteiger charge is -2.40. The summed E-state index contributed by atoms with van der Waals surface area (Å²) in [4.78, 5) is 17.0. The number of carbonyl (C=O) groups excluding carboxylic acids is 1. The molecule has 9 heteroatoms. The maximum atomic E-state index is 14.1. The monoisotopic (exact) mass is 483 g/mol. The Kier molecular flexibility index (Phi) is 6.50. The van der Waals surface area contributed by atoms with Crippen molar-refractivity contribution in [2.45, 2.75) is 6.04 Å². The van der Waals surface area contributed by atoms with Gasteiger partial charge in [0.25, 0.3) is 5.91 Å². The van der Waals surface area contributed by atoms with Crippen LogP contribution in [0, 0.1) is 17.5 Å². The summed E-state index contributed by atoms with van der Waals surface area (Å²) in [5.41, 5.74) is 1.23. The molecule has 0 saturated carbocycles. The van der Waals surface area contributed by atoms with Gasteiger partial charge in [0.15, 0.2) is 11.5 Å². The van der Waals surface area contributed by atoms with E-state index in [-0.39, 0.29) is 25.2 Å². The van der Waals surface area contributed by atoms with Crippen molar-refractivity contribution in [3.63, 3.8) is 0 Å². The molecule has 1 saturated heterocycles. The van der Waals surface area contributed by atoms with Crippen LogP contribution in [0.5, 0.6) is 11.5 Å². The average molecular weight is 483 g/mol. The zero-order valence-electron chi connectivity index (χ0n) is 18.8. The number of fused-ring (bicyclic) bond motifs is 1. The molecule has 1 amide bonds. The second kappa shape index (κ2) is 9.87. The van der Waals surface area contributed by atoms with E-state index in [9.17, 15) is 18.0 Å². The second-order valence-electron chi connectivity index (χ2n) is 8.43. The molecule has 2 aliphatic heterocycles. The summed E-state index contributed by atoms with van der Waals surface area (Å²) in [6, 6.07) is 15.0. The van der Waals surface area contributed by atoms with E-state index in [0.29, 0.717) is 37.7 Å². The molecule has 35 heavy (non-hydrogen) atoms. The number of nitrogens with one attached hydrogen (secondary N) is 1. The third-order valence-electron chi connectivity index (χ3n) is 6.37. The van der Waals surface area contributed by atoms with Crippen molar-refractivity contribution < 1.29 is 27.4 Å². The number of hydrogen-bond acceptors (Lipinski definition) is 5. The van der Waals surface area contributed by atoms with Gasteiger partial charge in [-0.1, -0.05) is 12.1 Å². The smallest absolute Gasteiger partial charge is 0.257 e. The van der Waals surface area contributed by atoms with E-state index in [1.54, 1.807) is 12.1 Å². The lowest BCUT2D eigenvalue weighted by Crippen LogP contribution is -2.50. The lowest BCUT2D eigenvalue weighted by molar-refractivity contribution is 0.0921. The summed E-state index contributed by atoms with van der Waals surface area (Å²) in [6.45, 7) is 3.01. The van der Waals surface area contributed by atoms with Crippen molar-refractivity contribution >= 4 is 11.6 Å². The molecular weight excluding hydrogens is 459 g/mol. The van der Waals surface area contributed by atoms with Crippen LogP contribution < -0.4 is 19.7 Å². The van der Waals surface area contributed by atoms with E-state index in [2.05, 4.69) is 15.1 Å². The van der Waals surface area contributed by atoms with Gasteiger partial charge in [0.1, 0.15) is 23.0 Å². The molecule has 3 aromatic carbocycles. The number of amides is 1. The number of halogens is 3. The molecule has 0 spiro atoms. The Morgan fingerprint density at radius 1 is 0.886 bits per heavy atom. The van der Waals surface area contributed by atoms with Gasteiger partial charge in [0.05, 0.1) is 6.04 Å². The van der Waals surface area contributed by atoms with E-state index in [4.69, 9.17) is 9.47 Å².